The number of hydrogen-bond donors (Lipinski definition) is 2. The zero-order valence-electron chi connectivity index (χ0n) is 10.5. The van der Waals surface area contributed by atoms with Crippen molar-refractivity contribution < 1.29 is 4.79 Å². The number of nitrogens with zero attached hydrogens (tertiary/aromatic N) is 2. The molecule has 2 rings (SSSR count). The van der Waals surface area contributed by atoms with Crippen molar-refractivity contribution in [2.45, 2.75) is 26.3 Å². The van der Waals surface area contributed by atoms with Gasteiger partial charge in [-0.3, -0.25) is 9.48 Å². The number of carbonyl (C=O) groups is 1. The highest BCUT2D eigenvalue weighted by Gasteiger charge is 2.39. The summed E-state index contributed by atoms with van der Waals surface area (Å²) in [7, 11) is 1.87. The van der Waals surface area contributed by atoms with Gasteiger partial charge in [0.15, 0.2) is 0 Å². The van der Waals surface area contributed by atoms with E-state index in [9.17, 15) is 4.79 Å². The van der Waals surface area contributed by atoms with Crippen LogP contribution in [0.4, 0.5) is 0 Å². The Kier molecular flexibility index (Phi) is 3.47. The van der Waals surface area contributed by atoms with Gasteiger partial charge < -0.3 is 10.6 Å². The molecular weight excluding hydrogens is 216 g/mol. The van der Waals surface area contributed by atoms with Gasteiger partial charge in [0.1, 0.15) is 0 Å². The first-order valence-corrected chi connectivity index (χ1v) is 6.13. The van der Waals surface area contributed by atoms with Crippen molar-refractivity contribution in [2.75, 3.05) is 13.1 Å². The van der Waals surface area contributed by atoms with E-state index in [4.69, 9.17) is 0 Å². The molecule has 1 aromatic heterocycles. The summed E-state index contributed by atoms with van der Waals surface area (Å²) in [5.74, 6) is 0.161. The Morgan fingerprint density at radius 2 is 2.53 bits per heavy atom. The van der Waals surface area contributed by atoms with Gasteiger partial charge in [-0.15, -0.1) is 0 Å². The highest BCUT2D eigenvalue weighted by Crippen LogP contribution is 2.29. The van der Waals surface area contributed by atoms with Gasteiger partial charge in [-0.25, -0.2) is 0 Å². The van der Waals surface area contributed by atoms with Crippen LogP contribution in [0.3, 0.4) is 0 Å². The molecule has 2 heterocycles. The average molecular weight is 236 g/mol. The highest BCUT2D eigenvalue weighted by molar-refractivity contribution is 5.83. The van der Waals surface area contributed by atoms with Crippen LogP contribution in [0, 0.1) is 5.41 Å². The summed E-state index contributed by atoms with van der Waals surface area (Å²) in [4.78, 5) is 12.2. The van der Waals surface area contributed by atoms with Gasteiger partial charge in [-0.1, -0.05) is 6.92 Å². The minimum absolute atomic E-state index is 0.161. The molecule has 1 aliphatic rings. The molecule has 1 aromatic rings. The molecule has 0 radical (unpaired) electrons. The number of rotatable bonds is 4. The first-order valence-electron chi connectivity index (χ1n) is 6.13. The van der Waals surface area contributed by atoms with Crippen LogP contribution >= 0.6 is 0 Å². The predicted molar refractivity (Wildman–Crippen MR) is 65.3 cm³/mol. The third-order valence-electron chi connectivity index (χ3n) is 3.61. The molecule has 1 aliphatic heterocycles. The van der Waals surface area contributed by atoms with E-state index in [1.54, 1.807) is 10.9 Å². The van der Waals surface area contributed by atoms with Crippen molar-refractivity contribution in [2.24, 2.45) is 12.5 Å². The Balaban J connectivity index is 1.92. The van der Waals surface area contributed by atoms with Crippen molar-refractivity contribution in [3.8, 4) is 0 Å². The molecule has 0 aliphatic carbocycles. The lowest BCUT2D eigenvalue weighted by molar-refractivity contribution is -0.130. The fourth-order valence-electron chi connectivity index (χ4n) is 2.33. The summed E-state index contributed by atoms with van der Waals surface area (Å²) in [6.45, 7) is 4.38. The first kappa shape index (κ1) is 12.1. The summed E-state index contributed by atoms with van der Waals surface area (Å²) >= 11 is 0. The zero-order chi connectivity index (χ0) is 12.3. The summed E-state index contributed by atoms with van der Waals surface area (Å²) < 4.78 is 1.74. The lowest BCUT2D eigenvalue weighted by Gasteiger charge is -2.25. The van der Waals surface area contributed by atoms with E-state index in [0.717, 1.165) is 31.5 Å². The van der Waals surface area contributed by atoms with Crippen molar-refractivity contribution in [1.29, 1.82) is 0 Å². The Morgan fingerprint density at radius 1 is 1.71 bits per heavy atom. The second-order valence-corrected chi connectivity index (χ2v) is 4.77. The second-order valence-electron chi connectivity index (χ2n) is 4.77. The molecule has 1 unspecified atom stereocenters. The molecule has 1 fully saturated rings. The van der Waals surface area contributed by atoms with Crippen molar-refractivity contribution >= 4 is 5.91 Å². The standard InChI is InChI=1S/C12H20N4O/c1-3-12(4-5-13-9-12)11(17)14-6-10-7-15-16(2)8-10/h7-8,13H,3-6,9H2,1-2H3,(H,14,17). The van der Waals surface area contributed by atoms with Crippen LogP contribution in [0.15, 0.2) is 12.4 Å². The average Bonchev–Trinajstić information content (AvgIpc) is 2.95. The number of carbonyl (C=O) groups excluding carboxylic acids is 1. The molecule has 1 atom stereocenters. The number of aromatic nitrogens is 2. The van der Waals surface area contributed by atoms with E-state index in [0.29, 0.717) is 6.54 Å². The molecule has 0 bridgehead atoms. The van der Waals surface area contributed by atoms with Crippen LogP contribution in [0.25, 0.3) is 0 Å². The minimum Gasteiger partial charge on any atom is -0.351 e. The number of amides is 1. The Morgan fingerprint density at radius 3 is 3.06 bits per heavy atom. The van der Waals surface area contributed by atoms with Gasteiger partial charge in [0.25, 0.3) is 0 Å². The quantitative estimate of drug-likeness (QED) is 0.797. The normalized spacial score (nSPS) is 23.9. The molecule has 1 saturated heterocycles. The molecular formula is C12H20N4O. The summed E-state index contributed by atoms with van der Waals surface area (Å²) in [6, 6.07) is 0. The van der Waals surface area contributed by atoms with Gasteiger partial charge in [0, 0.05) is 31.9 Å². The van der Waals surface area contributed by atoms with E-state index in [1.165, 1.54) is 0 Å². The predicted octanol–water partition coefficient (Wildman–Crippen LogP) is 0.426. The zero-order valence-corrected chi connectivity index (χ0v) is 10.5. The van der Waals surface area contributed by atoms with E-state index >= 15 is 0 Å². The molecule has 0 spiro atoms. The van der Waals surface area contributed by atoms with Gasteiger partial charge in [0.2, 0.25) is 5.91 Å². The fourth-order valence-corrected chi connectivity index (χ4v) is 2.33. The summed E-state index contributed by atoms with van der Waals surface area (Å²) in [5, 5.41) is 10.4. The van der Waals surface area contributed by atoms with Crippen molar-refractivity contribution in [1.82, 2.24) is 20.4 Å². The van der Waals surface area contributed by atoms with E-state index in [2.05, 4.69) is 22.7 Å². The lowest BCUT2D eigenvalue weighted by Crippen LogP contribution is -2.41. The minimum atomic E-state index is -0.206. The van der Waals surface area contributed by atoms with Crippen LogP contribution in [0.2, 0.25) is 0 Å². The largest absolute Gasteiger partial charge is 0.351 e. The maximum Gasteiger partial charge on any atom is 0.227 e. The van der Waals surface area contributed by atoms with E-state index < -0.39 is 0 Å². The summed E-state index contributed by atoms with van der Waals surface area (Å²) in [6.07, 6.45) is 5.53. The monoisotopic (exact) mass is 236 g/mol. The maximum atomic E-state index is 12.2. The maximum absolute atomic E-state index is 12.2. The molecule has 94 valence electrons. The number of nitrogens with one attached hydrogen (secondary N) is 2. The smallest absolute Gasteiger partial charge is 0.227 e. The number of aryl methyl sites for hydroxylation is 1. The van der Waals surface area contributed by atoms with Crippen LogP contribution in [0.1, 0.15) is 25.3 Å². The van der Waals surface area contributed by atoms with Crippen LogP contribution < -0.4 is 10.6 Å². The van der Waals surface area contributed by atoms with E-state index in [-0.39, 0.29) is 11.3 Å². The molecule has 17 heavy (non-hydrogen) atoms. The van der Waals surface area contributed by atoms with Gasteiger partial charge >= 0.3 is 0 Å². The third kappa shape index (κ3) is 2.49. The molecule has 2 N–H and O–H groups in total. The molecule has 5 heteroatoms. The molecule has 1 amide bonds. The van der Waals surface area contributed by atoms with Crippen LogP contribution in [-0.4, -0.2) is 28.8 Å². The third-order valence-corrected chi connectivity index (χ3v) is 3.61. The molecule has 0 aromatic carbocycles. The fraction of sp³-hybridized carbons (Fsp3) is 0.667. The Bertz CT molecular complexity index is 393. The molecule has 5 nitrogen and oxygen atoms in total. The summed E-state index contributed by atoms with van der Waals surface area (Å²) in [5.41, 5.74) is 0.834. The lowest BCUT2D eigenvalue weighted by atomic mass is 9.83. The number of hydrogen-bond acceptors (Lipinski definition) is 3. The van der Waals surface area contributed by atoms with E-state index in [1.807, 2.05) is 13.2 Å². The van der Waals surface area contributed by atoms with Gasteiger partial charge in [-0.05, 0) is 19.4 Å². The Labute approximate surface area is 102 Å². The van der Waals surface area contributed by atoms with Crippen molar-refractivity contribution in [3.63, 3.8) is 0 Å². The highest BCUT2D eigenvalue weighted by atomic mass is 16.2. The topological polar surface area (TPSA) is 59.0 Å². The Hall–Kier alpha value is -1.36. The molecule has 0 saturated carbocycles. The van der Waals surface area contributed by atoms with Crippen LogP contribution in [-0.2, 0) is 18.4 Å². The van der Waals surface area contributed by atoms with Gasteiger partial charge in [-0.2, -0.15) is 5.10 Å². The van der Waals surface area contributed by atoms with Crippen LogP contribution in [0.5, 0.6) is 0 Å². The first-order chi connectivity index (χ1) is 8.16. The van der Waals surface area contributed by atoms with Crippen molar-refractivity contribution in [3.05, 3.63) is 18.0 Å². The SMILES string of the molecule is CCC1(C(=O)NCc2cnn(C)c2)CCNC1. The second kappa shape index (κ2) is 4.87. The van der Waals surface area contributed by atoms with Gasteiger partial charge in [0.05, 0.1) is 11.6 Å².